The van der Waals surface area contributed by atoms with Crippen LogP contribution in [0.3, 0.4) is 0 Å². The fraction of sp³-hybridized carbons (Fsp3) is 0.389. The van der Waals surface area contributed by atoms with Crippen molar-refractivity contribution < 1.29 is 14.3 Å². The van der Waals surface area contributed by atoms with Gasteiger partial charge in [-0.3, -0.25) is 4.79 Å². The first-order chi connectivity index (χ1) is 12.5. The molecule has 1 aromatic heterocycles. The van der Waals surface area contributed by atoms with Crippen LogP contribution in [0.5, 0.6) is 11.5 Å². The van der Waals surface area contributed by atoms with Crippen molar-refractivity contribution in [2.24, 2.45) is 0 Å². The number of aromatic nitrogens is 2. The van der Waals surface area contributed by atoms with Gasteiger partial charge in [0, 0.05) is 37.3 Å². The Kier molecular flexibility index (Phi) is 7.02. The molecule has 0 aliphatic carbocycles. The van der Waals surface area contributed by atoms with Gasteiger partial charge in [0.25, 0.3) is 5.91 Å². The van der Waals surface area contributed by atoms with Gasteiger partial charge in [0.1, 0.15) is 29.0 Å². The van der Waals surface area contributed by atoms with E-state index in [9.17, 15) is 4.79 Å². The maximum Gasteiger partial charge on any atom is 0.251 e. The van der Waals surface area contributed by atoms with Gasteiger partial charge in [-0.05, 0) is 26.0 Å². The molecule has 0 saturated heterocycles. The number of hydrogen-bond acceptors (Lipinski definition) is 7. The van der Waals surface area contributed by atoms with Crippen molar-refractivity contribution in [1.82, 2.24) is 15.3 Å². The van der Waals surface area contributed by atoms with E-state index in [1.165, 1.54) is 0 Å². The minimum absolute atomic E-state index is 0.198. The SMILES string of the molecule is CCNc1cc(NCCNC(=O)c2cc(OC)cc(OC)c2)nc(C)n1. The van der Waals surface area contributed by atoms with Gasteiger partial charge in [-0.1, -0.05) is 0 Å². The minimum atomic E-state index is -0.198. The number of nitrogens with one attached hydrogen (secondary N) is 3. The average molecular weight is 359 g/mol. The highest BCUT2D eigenvalue weighted by molar-refractivity contribution is 5.95. The summed E-state index contributed by atoms with van der Waals surface area (Å²) in [5.74, 6) is 3.11. The summed E-state index contributed by atoms with van der Waals surface area (Å²) in [6.07, 6.45) is 0. The lowest BCUT2D eigenvalue weighted by molar-refractivity contribution is 0.0954. The summed E-state index contributed by atoms with van der Waals surface area (Å²) >= 11 is 0. The number of methoxy groups -OCH3 is 2. The van der Waals surface area contributed by atoms with Crippen molar-refractivity contribution in [3.63, 3.8) is 0 Å². The number of aryl methyl sites for hydroxylation is 1. The fourth-order valence-electron chi connectivity index (χ4n) is 2.34. The van der Waals surface area contributed by atoms with Crippen LogP contribution in [0.15, 0.2) is 24.3 Å². The highest BCUT2D eigenvalue weighted by Crippen LogP contribution is 2.22. The first-order valence-corrected chi connectivity index (χ1v) is 8.40. The number of ether oxygens (including phenoxy) is 2. The van der Waals surface area contributed by atoms with Crippen molar-refractivity contribution >= 4 is 17.5 Å². The van der Waals surface area contributed by atoms with Crippen LogP contribution in [0, 0.1) is 6.92 Å². The number of hydrogen-bond donors (Lipinski definition) is 3. The maximum absolute atomic E-state index is 12.3. The van der Waals surface area contributed by atoms with Gasteiger partial charge in [0.15, 0.2) is 0 Å². The van der Waals surface area contributed by atoms with Gasteiger partial charge >= 0.3 is 0 Å². The number of nitrogens with zero attached hydrogens (tertiary/aromatic N) is 2. The molecular formula is C18H25N5O3. The van der Waals surface area contributed by atoms with E-state index >= 15 is 0 Å². The van der Waals surface area contributed by atoms with E-state index in [2.05, 4.69) is 25.9 Å². The summed E-state index contributed by atoms with van der Waals surface area (Å²) in [4.78, 5) is 20.9. The second-order valence-electron chi connectivity index (χ2n) is 5.50. The van der Waals surface area contributed by atoms with Crippen molar-refractivity contribution in [2.45, 2.75) is 13.8 Å². The second kappa shape index (κ2) is 9.45. The molecule has 8 nitrogen and oxygen atoms in total. The van der Waals surface area contributed by atoms with Gasteiger partial charge in [-0.15, -0.1) is 0 Å². The average Bonchev–Trinajstić information content (AvgIpc) is 2.64. The Morgan fingerprint density at radius 2 is 1.58 bits per heavy atom. The number of carbonyl (C=O) groups excluding carboxylic acids is 1. The fourth-order valence-corrected chi connectivity index (χ4v) is 2.34. The maximum atomic E-state index is 12.3. The molecule has 1 heterocycles. The molecule has 140 valence electrons. The molecule has 0 unspecified atom stereocenters. The van der Waals surface area contributed by atoms with Crippen LogP contribution in [-0.2, 0) is 0 Å². The van der Waals surface area contributed by atoms with Gasteiger partial charge in [-0.2, -0.15) is 0 Å². The normalized spacial score (nSPS) is 10.2. The first kappa shape index (κ1) is 19.3. The van der Waals surface area contributed by atoms with Gasteiger partial charge in [-0.25, -0.2) is 9.97 Å². The number of rotatable bonds is 9. The van der Waals surface area contributed by atoms with E-state index in [1.54, 1.807) is 32.4 Å². The molecule has 0 aliphatic heterocycles. The summed E-state index contributed by atoms with van der Waals surface area (Å²) in [7, 11) is 3.09. The lowest BCUT2D eigenvalue weighted by Crippen LogP contribution is -2.29. The molecule has 2 rings (SSSR count). The zero-order valence-electron chi connectivity index (χ0n) is 15.5. The molecular weight excluding hydrogens is 334 g/mol. The van der Waals surface area contributed by atoms with Gasteiger partial charge < -0.3 is 25.4 Å². The van der Waals surface area contributed by atoms with Crippen molar-refractivity contribution in [2.75, 3.05) is 44.5 Å². The van der Waals surface area contributed by atoms with Crippen molar-refractivity contribution in [3.05, 3.63) is 35.7 Å². The third kappa shape index (κ3) is 5.51. The Morgan fingerprint density at radius 1 is 0.962 bits per heavy atom. The standard InChI is InChI=1S/C18H25N5O3/c1-5-19-16-11-17(23-12(2)22-16)20-6-7-21-18(24)13-8-14(25-3)10-15(9-13)26-4/h8-11H,5-7H2,1-4H3,(H,21,24)(H2,19,20,22,23). The van der Waals surface area contributed by atoms with Crippen LogP contribution < -0.4 is 25.4 Å². The van der Waals surface area contributed by atoms with E-state index < -0.39 is 0 Å². The van der Waals surface area contributed by atoms with Crippen LogP contribution in [0.1, 0.15) is 23.1 Å². The molecule has 0 saturated carbocycles. The van der Waals surface area contributed by atoms with Gasteiger partial charge in [0.2, 0.25) is 0 Å². The summed E-state index contributed by atoms with van der Waals surface area (Å²) in [5, 5.41) is 9.19. The quantitative estimate of drug-likeness (QED) is 0.590. The number of anilines is 2. The Morgan fingerprint density at radius 3 is 2.15 bits per heavy atom. The van der Waals surface area contributed by atoms with Gasteiger partial charge in [0.05, 0.1) is 14.2 Å². The van der Waals surface area contributed by atoms with E-state index in [1.807, 2.05) is 19.9 Å². The lowest BCUT2D eigenvalue weighted by atomic mass is 10.2. The Labute approximate surface area is 153 Å². The summed E-state index contributed by atoms with van der Waals surface area (Å²) in [6.45, 7) is 5.61. The van der Waals surface area contributed by atoms with Crippen LogP contribution in [0.2, 0.25) is 0 Å². The number of carbonyl (C=O) groups is 1. The second-order valence-corrected chi connectivity index (χ2v) is 5.50. The van der Waals surface area contributed by atoms with E-state index in [0.29, 0.717) is 41.8 Å². The largest absolute Gasteiger partial charge is 0.497 e. The Hall–Kier alpha value is -3.03. The number of benzene rings is 1. The molecule has 2 aromatic rings. The molecule has 0 aliphatic rings. The zero-order valence-corrected chi connectivity index (χ0v) is 15.5. The molecule has 26 heavy (non-hydrogen) atoms. The molecule has 0 atom stereocenters. The van der Waals surface area contributed by atoms with Crippen LogP contribution >= 0.6 is 0 Å². The Bertz CT molecular complexity index is 729. The zero-order chi connectivity index (χ0) is 18.9. The lowest BCUT2D eigenvalue weighted by Gasteiger charge is -2.11. The molecule has 0 spiro atoms. The summed E-state index contributed by atoms with van der Waals surface area (Å²) in [6, 6.07) is 6.90. The topological polar surface area (TPSA) is 97.4 Å². The smallest absolute Gasteiger partial charge is 0.251 e. The van der Waals surface area contributed by atoms with Crippen LogP contribution in [-0.4, -0.2) is 49.7 Å². The number of amides is 1. The minimum Gasteiger partial charge on any atom is -0.497 e. The monoisotopic (exact) mass is 359 g/mol. The third-order valence-electron chi connectivity index (χ3n) is 3.53. The van der Waals surface area contributed by atoms with Crippen molar-refractivity contribution in [1.29, 1.82) is 0 Å². The highest BCUT2D eigenvalue weighted by Gasteiger charge is 2.09. The van der Waals surface area contributed by atoms with Crippen molar-refractivity contribution in [3.8, 4) is 11.5 Å². The third-order valence-corrected chi connectivity index (χ3v) is 3.53. The van der Waals surface area contributed by atoms with E-state index in [0.717, 1.165) is 12.4 Å². The molecule has 0 fully saturated rings. The molecule has 0 radical (unpaired) electrons. The molecule has 3 N–H and O–H groups in total. The van der Waals surface area contributed by atoms with E-state index in [4.69, 9.17) is 9.47 Å². The first-order valence-electron chi connectivity index (χ1n) is 8.40. The van der Waals surface area contributed by atoms with Crippen LogP contribution in [0.25, 0.3) is 0 Å². The summed E-state index contributed by atoms with van der Waals surface area (Å²) < 4.78 is 10.4. The molecule has 8 heteroatoms. The predicted molar refractivity (Wildman–Crippen MR) is 101 cm³/mol. The Balaban J connectivity index is 1.89. The molecule has 1 amide bonds. The van der Waals surface area contributed by atoms with E-state index in [-0.39, 0.29) is 5.91 Å². The molecule has 1 aromatic carbocycles. The van der Waals surface area contributed by atoms with Crippen LogP contribution in [0.4, 0.5) is 11.6 Å². The molecule has 0 bridgehead atoms. The highest BCUT2D eigenvalue weighted by atomic mass is 16.5. The summed E-state index contributed by atoms with van der Waals surface area (Å²) in [5.41, 5.74) is 0.480. The predicted octanol–water partition coefficient (Wildman–Crippen LogP) is 2.08.